The number of esters is 1. The van der Waals surface area contributed by atoms with Gasteiger partial charge in [0.2, 0.25) is 6.79 Å². The van der Waals surface area contributed by atoms with Crippen LogP contribution in [0, 0.1) is 11.3 Å². The van der Waals surface area contributed by atoms with Gasteiger partial charge in [0.15, 0.2) is 16.7 Å². The number of benzene rings is 1. The summed E-state index contributed by atoms with van der Waals surface area (Å²) in [5.41, 5.74) is 7.82. The third kappa shape index (κ3) is 2.30. The molecule has 4 rings (SSSR count). The van der Waals surface area contributed by atoms with Crippen LogP contribution in [-0.2, 0) is 9.53 Å². The van der Waals surface area contributed by atoms with Crippen molar-refractivity contribution in [3.05, 3.63) is 45.8 Å². The minimum atomic E-state index is -0.581. The fourth-order valence-corrected chi connectivity index (χ4v) is 4.03. The molecule has 1 atom stereocenters. The van der Waals surface area contributed by atoms with Crippen LogP contribution in [0.1, 0.15) is 18.5 Å². The van der Waals surface area contributed by atoms with E-state index in [2.05, 4.69) is 11.1 Å². The average Bonchev–Trinajstić information content (AvgIpc) is 3.23. The van der Waals surface area contributed by atoms with Crippen molar-refractivity contribution in [3.63, 3.8) is 0 Å². The van der Waals surface area contributed by atoms with E-state index in [-0.39, 0.29) is 12.6 Å². The standard InChI is InChI=1S/C17H14N4O4S/c1-8-13(16(22)23-2)14(9-3-4-10-11(5-9)25-7-24-10)21-15(19)12(6-18)26-17(21)20-8/h3-5,14H,7,19H2,1-2H3/t14-/m1/s1. The first-order valence-electron chi connectivity index (χ1n) is 7.69. The van der Waals surface area contributed by atoms with E-state index in [1.54, 1.807) is 24.0 Å². The third-order valence-electron chi connectivity index (χ3n) is 4.30. The molecule has 1 aromatic carbocycles. The zero-order chi connectivity index (χ0) is 18.4. The highest BCUT2D eigenvalue weighted by Gasteiger charge is 2.42. The van der Waals surface area contributed by atoms with Gasteiger partial charge >= 0.3 is 5.97 Å². The first-order valence-corrected chi connectivity index (χ1v) is 8.51. The fourth-order valence-electron chi connectivity index (χ4n) is 3.11. The second-order valence-electron chi connectivity index (χ2n) is 5.70. The molecule has 0 fully saturated rings. The third-order valence-corrected chi connectivity index (χ3v) is 5.27. The number of hydrogen-bond acceptors (Lipinski definition) is 9. The number of ether oxygens (including phenoxy) is 3. The van der Waals surface area contributed by atoms with E-state index in [9.17, 15) is 10.1 Å². The molecule has 0 radical (unpaired) electrons. The van der Waals surface area contributed by atoms with Crippen LogP contribution in [0.3, 0.4) is 0 Å². The minimum absolute atomic E-state index is 0.148. The molecular formula is C17H14N4O4S. The molecule has 0 spiro atoms. The fraction of sp³-hybridized carbons (Fsp3) is 0.235. The van der Waals surface area contributed by atoms with Crippen LogP contribution in [0.25, 0.3) is 0 Å². The maximum Gasteiger partial charge on any atom is 0.338 e. The molecule has 0 amide bonds. The lowest BCUT2D eigenvalue weighted by Gasteiger charge is -2.34. The topological polar surface area (TPSA) is 110 Å². The molecule has 0 aliphatic carbocycles. The van der Waals surface area contributed by atoms with E-state index in [0.29, 0.717) is 32.8 Å². The molecule has 0 unspecified atom stereocenters. The summed E-state index contributed by atoms with van der Waals surface area (Å²) in [6.45, 7) is 1.88. The maximum absolute atomic E-state index is 12.5. The van der Waals surface area contributed by atoms with Crippen LogP contribution in [0.5, 0.6) is 11.5 Å². The molecule has 3 heterocycles. The zero-order valence-corrected chi connectivity index (χ0v) is 14.8. The Kier molecular flexibility index (Phi) is 3.77. The van der Waals surface area contributed by atoms with Crippen LogP contribution in [0.15, 0.2) is 45.2 Å². The number of carbonyl (C=O) groups excluding carboxylic acids is 1. The number of allylic oxidation sites excluding steroid dienone is 2. The number of carbonyl (C=O) groups is 1. The van der Waals surface area contributed by atoms with Gasteiger partial charge in [-0.1, -0.05) is 6.07 Å². The molecule has 0 aromatic heterocycles. The quantitative estimate of drug-likeness (QED) is 0.787. The lowest BCUT2D eigenvalue weighted by molar-refractivity contribution is -0.136. The summed E-state index contributed by atoms with van der Waals surface area (Å²) in [5.74, 6) is 0.975. The first kappa shape index (κ1) is 16.4. The number of methoxy groups -OCH3 is 1. The predicted molar refractivity (Wildman–Crippen MR) is 93.7 cm³/mol. The summed E-state index contributed by atoms with van der Waals surface area (Å²) < 4.78 is 15.8. The van der Waals surface area contributed by atoms with Gasteiger partial charge in [0.1, 0.15) is 16.8 Å². The molecule has 8 nitrogen and oxygen atoms in total. The molecule has 2 N–H and O–H groups in total. The van der Waals surface area contributed by atoms with Crippen LogP contribution in [-0.4, -0.2) is 29.9 Å². The summed E-state index contributed by atoms with van der Waals surface area (Å²) in [6.07, 6.45) is 0. The Morgan fingerprint density at radius 1 is 1.46 bits per heavy atom. The van der Waals surface area contributed by atoms with Gasteiger partial charge < -0.3 is 19.9 Å². The zero-order valence-electron chi connectivity index (χ0n) is 14.0. The van der Waals surface area contributed by atoms with Crippen LogP contribution in [0.2, 0.25) is 0 Å². The van der Waals surface area contributed by atoms with E-state index in [1.165, 1.54) is 18.9 Å². The molecule has 3 aliphatic heterocycles. The van der Waals surface area contributed by atoms with Crippen molar-refractivity contribution in [2.45, 2.75) is 13.0 Å². The van der Waals surface area contributed by atoms with E-state index in [1.807, 2.05) is 6.07 Å². The second kappa shape index (κ2) is 6.00. The number of aliphatic imine (C=N–C) groups is 1. The number of hydrogen-bond donors (Lipinski definition) is 1. The molecule has 1 aromatic rings. The molecular weight excluding hydrogens is 356 g/mol. The van der Waals surface area contributed by atoms with E-state index in [0.717, 1.165) is 5.56 Å². The molecule has 0 bridgehead atoms. The van der Waals surface area contributed by atoms with Crippen molar-refractivity contribution in [1.29, 1.82) is 5.26 Å². The molecule has 9 heteroatoms. The Labute approximate surface area is 153 Å². The number of amidine groups is 1. The van der Waals surface area contributed by atoms with Gasteiger partial charge in [0.25, 0.3) is 0 Å². The summed E-state index contributed by atoms with van der Waals surface area (Å²) >= 11 is 1.18. The summed E-state index contributed by atoms with van der Waals surface area (Å²) in [7, 11) is 1.32. The van der Waals surface area contributed by atoms with Gasteiger partial charge in [0.05, 0.1) is 24.4 Å². The van der Waals surface area contributed by atoms with Gasteiger partial charge in [0, 0.05) is 0 Å². The first-order chi connectivity index (χ1) is 12.5. The smallest absolute Gasteiger partial charge is 0.338 e. The molecule has 0 saturated carbocycles. The number of nitrogens with two attached hydrogens (primary N) is 1. The second-order valence-corrected chi connectivity index (χ2v) is 6.68. The Morgan fingerprint density at radius 3 is 2.96 bits per heavy atom. The largest absolute Gasteiger partial charge is 0.466 e. The lowest BCUT2D eigenvalue weighted by Crippen LogP contribution is -2.38. The van der Waals surface area contributed by atoms with E-state index in [4.69, 9.17) is 19.9 Å². The number of nitrogens with zero attached hydrogens (tertiary/aromatic N) is 3. The Morgan fingerprint density at radius 2 is 2.23 bits per heavy atom. The van der Waals surface area contributed by atoms with Crippen molar-refractivity contribution in [2.24, 2.45) is 10.7 Å². The highest BCUT2D eigenvalue weighted by Crippen LogP contribution is 2.46. The van der Waals surface area contributed by atoms with Gasteiger partial charge in [-0.05, 0) is 36.4 Å². The van der Waals surface area contributed by atoms with E-state index >= 15 is 0 Å². The summed E-state index contributed by atoms with van der Waals surface area (Å²) in [4.78, 5) is 18.9. The van der Waals surface area contributed by atoms with Gasteiger partial charge in [-0.2, -0.15) is 5.26 Å². The number of thioether (sulfide) groups is 1. The average molecular weight is 370 g/mol. The number of rotatable bonds is 2. The van der Waals surface area contributed by atoms with Crippen LogP contribution >= 0.6 is 11.8 Å². The summed E-state index contributed by atoms with van der Waals surface area (Å²) in [6, 6.07) is 6.90. The maximum atomic E-state index is 12.5. The SMILES string of the molecule is COC(=O)C1=C(C)N=C2SC(C#N)=C(N)N2[C@@H]1c1ccc2c(c1)OCO2. The van der Waals surface area contributed by atoms with Crippen molar-refractivity contribution in [1.82, 2.24) is 4.90 Å². The highest BCUT2D eigenvalue weighted by molar-refractivity contribution is 8.17. The highest BCUT2D eigenvalue weighted by atomic mass is 32.2. The van der Waals surface area contributed by atoms with Gasteiger partial charge in [-0.15, -0.1) is 0 Å². The Bertz CT molecular complexity index is 960. The predicted octanol–water partition coefficient (Wildman–Crippen LogP) is 1.97. The van der Waals surface area contributed by atoms with Crippen molar-refractivity contribution >= 4 is 22.9 Å². The number of nitriles is 1. The van der Waals surface area contributed by atoms with Crippen molar-refractivity contribution in [2.75, 3.05) is 13.9 Å². The Balaban J connectivity index is 1.90. The van der Waals surface area contributed by atoms with E-state index < -0.39 is 12.0 Å². The van der Waals surface area contributed by atoms with Gasteiger partial charge in [-0.25, -0.2) is 9.79 Å². The monoisotopic (exact) mass is 370 g/mol. The molecule has 3 aliphatic rings. The molecule has 132 valence electrons. The normalized spacial score (nSPS) is 20.7. The van der Waals surface area contributed by atoms with Crippen LogP contribution < -0.4 is 15.2 Å². The van der Waals surface area contributed by atoms with Crippen molar-refractivity contribution in [3.8, 4) is 17.6 Å². The lowest BCUT2D eigenvalue weighted by atomic mass is 9.94. The van der Waals surface area contributed by atoms with Gasteiger partial charge in [-0.3, -0.25) is 4.90 Å². The number of fused-ring (bicyclic) bond motifs is 2. The van der Waals surface area contributed by atoms with Crippen molar-refractivity contribution < 1.29 is 19.0 Å². The molecule has 26 heavy (non-hydrogen) atoms. The van der Waals surface area contributed by atoms with Crippen LogP contribution in [0.4, 0.5) is 0 Å². The minimum Gasteiger partial charge on any atom is -0.466 e. The summed E-state index contributed by atoms with van der Waals surface area (Å²) in [5, 5.41) is 9.87. The molecule has 0 saturated heterocycles. The Hall–Kier alpha value is -3.12.